The third-order valence-electron chi connectivity index (χ3n) is 5.55. The van der Waals surface area contributed by atoms with Gasteiger partial charge in [-0.2, -0.15) is 0 Å². The minimum atomic E-state index is 0.285. The average molecular weight is 280 g/mol. The summed E-state index contributed by atoms with van der Waals surface area (Å²) >= 11 is 0. The van der Waals surface area contributed by atoms with E-state index >= 15 is 0 Å². The quantitative estimate of drug-likeness (QED) is 0.831. The second-order valence-corrected chi connectivity index (χ2v) is 7.40. The van der Waals surface area contributed by atoms with Gasteiger partial charge in [-0.15, -0.1) is 0 Å². The molecule has 3 nitrogen and oxygen atoms in total. The largest absolute Gasteiger partial charge is 0.353 e. The number of nitrogens with two attached hydrogens (primary N) is 1. The van der Waals surface area contributed by atoms with Crippen LogP contribution in [0.2, 0.25) is 0 Å². The van der Waals surface area contributed by atoms with E-state index in [2.05, 4.69) is 19.2 Å². The number of amides is 1. The first-order chi connectivity index (χ1) is 9.58. The summed E-state index contributed by atoms with van der Waals surface area (Å²) in [5, 5.41) is 3.30. The van der Waals surface area contributed by atoms with Crippen LogP contribution in [-0.4, -0.2) is 18.5 Å². The second-order valence-electron chi connectivity index (χ2n) is 7.40. The summed E-state index contributed by atoms with van der Waals surface area (Å²) in [5.74, 6) is 3.04. The maximum atomic E-state index is 12.2. The molecule has 0 aromatic rings. The zero-order valence-corrected chi connectivity index (χ0v) is 13.2. The normalized spacial score (nSPS) is 38.5. The maximum absolute atomic E-state index is 12.2. The van der Waals surface area contributed by atoms with E-state index in [0.717, 1.165) is 25.3 Å². The summed E-state index contributed by atoms with van der Waals surface area (Å²) in [4.78, 5) is 12.2. The molecule has 2 rings (SSSR count). The van der Waals surface area contributed by atoms with Crippen molar-refractivity contribution < 1.29 is 4.79 Å². The molecule has 0 aromatic heterocycles. The number of hydrogen-bond acceptors (Lipinski definition) is 2. The summed E-state index contributed by atoms with van der Waals surface area (Å²) in [6.45, 7) is 5.42. The molecule has 2 aliphatic rings. The second kappa shape index (κ2) is 7.44. The number of rotatable bonds is 4. The third-order valence-corrected chi connectivity index (χ3v) is 5.55. The van der Waals surface area contributed by atoms with Crippen LogP contribution in [0.1, 0.15) is 65.2 Å². The number of nitrogens with one attached hydrogen (secondary N) is 1. The van der Waals surface area contributed by atoms with Crippen molar-refractivity contribution >= 4 is 5.91 Å². The molecule has 2 fully saturated rings. The predicted molar refractivity (Wildman–Crippen MR) is 83.2 cm³/mol. The van der Waals surface area contributed by atoms with Gasteiger partial charge in [0.25, 0.3) is 0 Å². The number of carbonyl (C=O) groups excluding carboxylic acids is 1. The van der Waals surface area contributed by atoms with Crippen LogP contribution < -0.4 is 11.1 Å². The first-order valence-corrected chi connectivity index (χ1v) is 8.58. The van der Waals surface area contributed by atoms with Gasteiger partial charge in [0.1, 0.15) is 0 Å². The lowest BCUT2D eigenvalue weighted by atomic mass is 9.79. The first-order valence-electron chi connectivity index (χ1n) is 8.58. The molecule has 116 valence electrons. The van der Waals surface area contributed by atoms with E-state index in [-0.39, 0.29) is 5.91 Å². The molecule has 3 unspecified atom stereocenters. The first kappa shape index (κ1) is 15.8. The van der Waals surface area contributed by atoms with E-state index in [1.165, 1.54) is 38.5 Å². The molecule has 3 N–H and O–H groups in total. The van der Waals surface area contributed by atoms with Gasteiger partial charge < -0.3 is 11.1 Å². The molecule has 0 bridgehead atoms. The van der Waals surface area contributed by atoms with Crippen LogP contribution >= 0.6 is 0 Å². The van der Waals surface area contributed by atoms with Gasteiger partial charge in [0.15, 0.2) is 0 Å². The Morgan fingerprint density at radius 2 is 1.70 bits per heavy atom. The highest BCUT2D eigenvalue weighted by atomic mass is 16.1. The summed E-state index contributed by atoms with van der Waals surface area (Å²) < 4.78 is 0. The monoisotopic (exact) mass is 280 g/mol. The van der Waals surface area contributed by atoms with Gasteiger partial charge in [-0.3, -0.25) is 4.79 Å². The molecule has 0 heterocycles. The molecule has 0 aliphatic heterocycles. The Kier molecular flexibility index (Phi) is 5.88. The zero-order valence-electron chi connectivity index (χ0n) is 13.2. The SMILES string of the molecule is CC1CCC(NC(=O)CC2CCC(CN)CC2)C(C)C1. The minimum Gasteiger partial charge on any atom is -0.353 e. The van der Waals surface area contributed by atoms with Crippen molar-refractivity contribution in [3.63, 3.8) is 0 Å². The van der Waals surface area contributed by atoms with Gasteiger partial charge in [0, 0.05) is 12.5 Å². The Labute approximate surface area is 124 Å². The maximum Gasteiger partial charge on any atom is 0.220 e. The molecule has 0 saturated heterocycles. The van der Waals surface area contributed by atoms with Gasteiger partial charge >= 0.3 is 0 Å². The highest BCUT2D eigenvalue weighted by molar-refractivity contribution is 5.76. The van der Waals surface area contributed by atoms with E-state index in [9.17, 15) is 4.79 Å². The Morgan fingerprint density at radius 3 is 2.30 bits per heavy atom. The molecule has 20 heavy (non-hydrogen) atoms. The Hall–Kier alpha value is -0.570. The van der Waals surface area contributed by atoms with Crippen LogP contribution in [0.4, 0.5) is 0 Å². The lowest BCUT2D eigenvalue weighted by Crippen LogP contribution is -2.43. The Bertz CT molecular complexity index is 310. The summed E-state index contributed by atoms with van der Waals surface area (Å²) in [6, 6.07) is 0.416. The van der Waals surface area contributed by atoms with Gasteiger partial charge in [-0.1, -0.05) is 13.8 Å². The molecule has 0 radical (unpaired) electrons. The topological polar surface area (TPSA) is 55.1 Å². The predicted octanol–water partition coefficient (Wildman–Crippen LogP) is 3.08. The lowest BCUT2D eigenvalue weighted by molar-refractivity contribution is -0.123. The van der Waals surface area contributed by atoms with Gasteiger partial charge in [-0.05, 0) is 75.2 Å². The van der Waals surface area contributed by atoms with Crippen molar-refractivity contribution in [2.45, 2.75) is 71.3 Å². The molecular weight excluding hydrogens is 248 g/mol. The van der Waals surface area contributed by atoms with Crippen LogP contribution in [0.3, 0.4) is 0 Å². The van der Waals surface area contributed by atoms with E-state index < -0.39 is 0 Å². The lowest BCUT2D eigenvalue weighted by Gasteiger charge is -2.34. The number of hydrogen-bond donors (Lipinski definition) is 2. The molecular formula is C17H32N2O. The standard InChI is InChI=1S/C17H32N2O/c1-12-3-8-16(13(2)9-12)19-17(20)10-14-4-6-15(11-18)7-5-14/h12-16H,3-11,18H2,1-2H3,(H,19,20). The van der Waals surface area contributed by atoms with Crippen LogP contribution in [0.25, 0.3) is 0 Å². The Morgan fingerprint density at radius 1 is 1.05 bits per heavy atom. The fraction of sp³-hybridized carbons (Fsp3) is 0.941. The highest BCUT2D eigenvalue weighted by Gasteiger charge is 2.28. The van der Waals surface area contributed by atoms with Crippen molar-refractivity contribution in [1.82, 2.24) is 5.32 Å². The minimum absolute atomic E-state index is 0.285. The van der Waals surface area contributed by atoms with Crippen molar-refractivity contribution in [1.29, 1.82) is 0 Å². The molecule has 0 aromatic carbocycles. The van der Waals surface area contributed by atoms with E-state index in [4.69, 9.17) is 5.73 Å². The summed E-state index contributed by atoms with van der Waals surface area (Å²) in [7, 11) is 0. The molecule has 0 spiro atoms. The zero-order chi connectivity index (χ0) is 14.5. The summed E-state index contributed by atoms with van der Waals surface area (Å²) in [6.07, 6.45) is 9.21. The average Bonchev–Trinajstić information content (AvgIpc) is 2.43. The third kappa shape index (κ3) is 4.47. The van der Waals surface area contributed by atoms with Crippen molar-refractivity contribution in [2.24, 2.45) is 29.4 Å². The Balaban J connectivity index is 1.70. The van der Waals surface area contributed by atoms with Gasteiger partial charge in [-0.25, -0.2) is 0 Å². The molecule has 2 saturated carbocycles. The smallest absolute Gasteiger partial charge is 0.220 e. The van der Waals surface area contributed by atoms with E-state index in [1.54, 1.807) is 0 Å². The van der Waals surface area contributed by atoms with E-state index in [0.29, 0.717) is 23.8 Å². The van der Waals surface area contributed by atoms with Crippen LogP contribution in [0, 0.1) is 23.7 Å². The van der Waals surface area contributed by atoms with Crippen molar-refractivity contribution in [3.8, 4) is 0 Å². The molecule has 2 aliphatic carbocycles. The fourth-order valence-electron chi connectivity index (χ4n) is 4.08. The molecule has 3 heteroatoms. The van der Waals surface area contributed by atoms with E-state index in [1.807, 2.05) is 0 Å². The number of carbonyl (C=O) groups is 1. The van der Waals surface area contributed by atoms with Crippen molar-refractivity contribution in [2.75, 3.05) is 6.54 Å². The van der Waals surface area contributed by atoms with Crippen LogP contribution in [0.15, 0.2) is 0 Å². The van der Waals surface area contributed by atoms with Gasteiger partial charge in [0.2, 0.25) is 5.91 Å². The highest BCUT2D eigenvalue weighted by Crippen LogP contribution is 2.31. The molecule has 3 atom stereocenters. The van der Waals surface area contributed by atoms with Gasteiger partial charge in [0.05, 0.1) is 0 Å². The fourth-order valence-corrected chi connectivity index (χ4v) is 4.08. The van der Waals surface area contributed by atoms with Crippen molar-refractivity contribution in [3.05, 3.63) is 0 Å². The summed E-state index contributed by atoms with van der Waals surface area (Å²) in [5.41, 5.74) is 5.72. The molecule has 1 amide bonds. The van der Waals surface area contributed by atoms with Crippen LogP contribution in [0.5, 0.6) is 0 Å². The van der Waals surface area contributed by atoms with Crippen LogP contribution in [-0.2, 0) is 4.79 Å².